The highest BCUT2D eigenvalue weighted by Crippen LogP contribution is 2.19. The van der Waals surface area contributed by atoms with Crippen molar-refractivity contribution >= 4 is 5.91 Å². The summed E-state index contributed by atoms with van der Waals surface area (Å²) < 4.78 is 0. The molecule has 0 saturated carbocycles. The van der Waals surface area contributed by atoms with Gasteiger partial charge in [-0.1, -0.05) is 18.2 Å². The fourth-order valence-corrected chi connectivity index (χ4v) is 2.30. The number of nitrogens with zero attached hydrogens (tertiary/aromatic N) is 1. The Kier molecular flexibility index (Phi) is 3.71. The van der Waals surface area contributed by atoms with Crippen LogP contribution in [0.5, 0.6) is 0 Å². The van der Waals surface area contributed by atoms with Crippen LogP contribution in [0.25, 0.3) is 0 Å². The Labute approximate surface area is 108 Å². The fraction of sp³-hybridized carbons (Fsp3) is 0.533. The van der Waals surface area contributed by atoms with Crippen molar-refractivity contribution in [2.45, 2.75) is 38.7 Å². The number of aliphatic hydroxyl groups is 1. The summed E-state index contributed by atoms with van der Waals surface area (Å²) in [6.07, 6.45) is 2.57. The summed E-state index contributed by atoms with van der Waals surface area (Å²) in [6.45, 7) is 4.97. The molecule has 1 aliphatic heterocycles. The second-order valence-corrected chi connectivity index (χ2v) is 5.62. The Morgan fingerprint density at radius 2 is 2.06 bits per heavy atom. The summed E-state index contributed by atoms with van der Waals surface area (Å²) in [5.74, 6) is 0.104. The summed E-state index contributed by atoms with van der Waals surface area (Å²) in [4.78, 5) is 14.3. The number of fused-ring (bicyclic) bond motifs is 1. The van der Waals surface area contributed by atoms with Gasteiger partial charge < -0.3 is 10.0 Å². The average molecular weight is 247 g/mol. The van der Waals surface area contributed by atoms with E-state index < -0.39 is 5.60 Å². The maximum atomic E-state index is 12.4. The third-order valence-electron chi connectivity index (χ3n) is 3.40. The largest absolute Gasteiger partial charge is 0.390 e. The molecule has 98 valence electrons. The summed E-state index contributed by atoms with van der Waals surface area (Å²) >= 11 is 0. The molecule has 2 rings (SSSR count). The average Bonchev–Trinajstić information content (AvgIpc) is 2.46. The molecular weight excluding hydrogens is 226 g/mol. The normalized spacial score (nSPS) is 16.4. The van der Waals surface area contributed by atoms with Crippen LogP contribution in [0.3, 0.4) is 0 Å². The number of aryl methyl sites for hydroxylation is 1. The second kappa shape index (κ2) is 5.11. The van der Waals surface area contributed by atoms with Crippen LogP contribution in [0.1, 0.15) is 42.6 Å². The molecule has 0 atom stereocenters. The lowest BCUT2D eigenvalue weighted by Gasteiger charge is -2.25. The first kappa shape index (κ1) is 13.1. The number of carbonyl (C=O) groups is 1. The van der Waals surface area contributed by atoms with E-state index in [0.717, 1.165) is 30.5 Å². The van der Waals surface area contributed by atoms with E-state index >= 15 is 0 Å². The van der Waals surface area contributed by atoms with Gasteiger partial charge in [0.15, 0.2) is 0 Å². The summed E-state index contributed by atoms with van der Waals surface area (Å²) in [5, 5.41) is 9.76. The number of carbonyl (C=O) groups excluding carboxylic acids is 1. The van der Waals surface area contributed by atoms with E-state index in [0.29, 0.717) is 13.0 Å². The third kappa shape index (κ3) is 3.10. The maximum absolute atomic E-state index is 12.4. The Bertz CT molecular complexity index is 434. The molecule has 0 saturated heterocycles. The van der Waals surface area contributed by atoms with E-state index in [1.54, 1.807) is 13.8 Å². The molecule has 3 nitrogen and oxygen atoms in total. The minimum absolute atomic E-state index is 0.104. The Balaban J connectivity index is 2.13. The standard InChI is InChI=1S/C15H21NO2/c1-15(2,18)9-11-16-10-5-7-12-6-3-4-8-13(12)14(16)17/h3-4,6,8,18H,5,7,9-11H2,1-2H3. The van der Waals surface area contributed by atoms with Gasteiger partial charge in [0.2, 0.25) is 0 Å². The molecule has 1 aliphatic rings. The van der Waals surface area contributed by atoms with Gasteiger partial charge in [-0.25, -0.2) is 0 Å². The van der Waals surface area contributed by atoms with Crippen LogP contribution in [0.15, 0.2) is 24.3 Å². The number of benzene rings is 1. The second-order valence-electron chi connectivity index (χ2n) is 5.62. The predicted molar refractivity (Wildman–Crippen MR) is 71.6 cm³/mol. The van der Waals surface area contributed by atoms with Crippen molar-refractivity contribution in [1.82, 2.24) is 4.90 Å². The van der Waals surface area contributed by atoms with Gasteiger partial charge in [0, 0.05) is 18.7 Å². The van der Waals surface area contributed by atoms with Crippen LogP contribution in [0, 0.1) is 0 Å². The zero-order valence-corrected chi connectivity index (χ0v) is 11.1. The molecule has 1 aromatic carbocycles. The highest BCUT2D eigenvalue weighted by molar-refractivity contribution is 5.96. The van der Waals surface area contributed by atoms with Crippen molar-refractivity contribution in [2.24, 2.45) is 0 Å². The molecule has 0 spiro atoms. The van der Waals surface area contributed by atoms with Gasteiger partial charge in [-0.2, -0.15) is 0 Å². The molecule has 3 heteroatoms. The van der Waals surface area contributed by atoms with Crippen molar-refractivity contribution in [1.29, 1.82) is 0 Å². The molecule has 1 N–H and O–H groups in total. The van der Waals surface area contributed by atoms with Crippen LogP contribution >= 0.6 is 0 Å². The Morgan fingerprint density at radius 3 is 2.78 bits per heavy atom. The summed E-state index contributed by atoms with van der Waals surface area (Å²) in [5.41, 5.74) is 1.26. The van der Waals surface area contributed by atoms with Crippen molar-refractivity contribution in [3.63, 3.8) is 0 Å². The van der Waals surface area contributed by atoms with Crippen molar-refractivity contribution < 1.29 is 9.90 Å². The van der Waals surface area contributed by atoms with E-state index in [9.17, 15) is 9.90 Å². The van der Waals surface area contributed by atoms with Crippen LogP contribution < -0.4 is 0 Å². The lowest BCUT2D eigenvalue weighted by atomic mass is 10.0. The molecular formula is C15H21NO2. The van der Waals surface area contributed by atoms with Crippen molar-refractivity contribution in [3.05, 3.63) is 35.4 Å². The van der Waals surface area contributed by atoms with Crippen molar-refractivity contribution in [2.75, 3.05) is 13.1 Å². The predicted octanol–water partition coefficient (Wildman–Crippen LogP) is 2.24. The van der Waals surface area contributed by atoms with Gasteiger partial charge in [0.05, 0.1) is 5.60 Å². The van der Waals surface area contributed by atoms with E-state index in [1.165, 1.54) is 0 Å². The van der Waals surface area contributed by atoms with E-state index in [2.05, 4.69) is 0 Å². The smallest absolute Gasteiger partial charge is 0.254 e. The number of hydrogen-bond donors (Lipinski definition) is 1. The molecule has 0 fully saturated rings. The number of rotatable bonds is 3. The Hall–Kier alpha value is -1.35. The van der Waals surface area contributed by atoms with Gasteiger partial charge in [0.25, 0.3) is 5.91 Å². The lowest BCUT2D eigenvalue weighted by Crippen LogP contribution is -2.35. The minimum atomic E-state index is -0.716. The Morgan fingerprint density at radius 1 is 1.33 bits per heavy atom. The molecule has 0 aliphatic carbocycles. The van der Waals surface area contributed by atoms with Crippen LogP contribution in [0.2, 0.25) is 0 Å². The highest BCUT2D eigenvalue weighted by atomic mass is 16.3. The monoisotopic (exact) mass is 247 g/mol. The first-order valence-corrected chi connectivity index (χ1v) is 6.57. The van der Waals surface area contributed by atoms with Gasteiger partial charge in [-0.3, -0.25) is 4.79 Å². The maximum Gasteiger partial charge on any atom is 0.254 e. The first-order chi connectivity index (χ1) is 8.47. The van der Waals surface area contributed by atoms with E-state index in [1.807, 2.05) is 29.2 Å². The summed E-state index contributed by atoms with van der Waals surface area (Å²) in [7, 11) is 0. The van der Waals surface area contributed by atoms with Gasteiger partial charge >= 0.3 is 0 Å². The number of hydrogen-bond acceptors (Lipinski definition) is 2. The quantitative estimate of drug-likeness (QED) is 0.890. The van der Waals surface area contributed by atoms with E-state index in [4.69, 9.17) is 0 Å². The fourth-order valence-electron chi connectivity index (χ4n) is 2.30. The van der Waals surface area contributed by atoms with Crippen molar-refractivity contribution in [3.8, 4) is 0 Å². The third-order valence-corrected chi connectivity index (χ3v) is 3.40. The highest BCUT2D eigenvalue weighted by Gasteiger charge is 2.23. The van der Waals surface area contributed by atoms with E-state index in [-0.39, 0.29) is 5.91 Å². The molecule has 1 heterocycles. The first-order valence-electron chi connectivity index (χ1n) is 6.57. The lowest BCUT2D eigenvalue weighted by molar-refractivity contribution is 0.0509. The van der Waals surface area contributed by atoms with Crippen LogP contribution in [0.4, 0.5) is 0 Å². The minimum Gasteiger partial charge on any atom is -0.390 e. The molecule has 18 heavy (non-hydrogen) atoms. The molecule has 1 amide bonds. The zero-order valence-electron chi connectivity index (χ0n) is 11.1. The molecule has 0 aromatic heterocycles. The van der Waals surface area contributed by atoms with Gasteiger partial charge in [-0.15, -0.1) is 0 Å². The molecule has 1 aromatic rings. The molecule has 0 bridgehead atoms. The summed E-state index contributed by atoms with van der Waals surface area (Å²) in [6, 6.07) is 7.83. The zero-order chi connectivity index (χ0) is 13.2. The van der Waals surface area contributed by atoms with Crippen LogP contribution in [-0.4, -0.2) is 34.6 Å². The van der Waals surface area contributed by atoms with Gasteiger partial charge in [-0.05, 0) is 44.7 Å². The number of amides is 1. The SMILES string of the molecule is CC(C)(O)CCN1CCCc2ccccc2C1=O. The topological polar surface area (TPSA) is 40.5 Å². The van der Waals surface area contributed by atoms with Crippen LogP contribution in [-0.2, 0) is 6.42 Å². The molecule has 0 unspecified atom stereocenters. The van der Waals surface area contributed by atoms with Gasteiger partial charge in [0.1, 0.15) is 0 Å². The molecule has 0 radical (unpaired) electrons.